The van der Waals surface area contributed by atoms with Crippen molar-refractivity contribution < 1.29 is 13.2 Å². The molecule has 0 aromatic rings. The third-order valence-corrected chi connectivity index (χ3v) is 3.75. The average Bonchev–Trinajstić information content (AvgIpc) is 2.16. The Morgan fingerprint density at radius 2 is 2.19 bits per heavy atom. The van der Waals surface area contributed by atoms with Gasteiger partial charge in [-0.2, -0.15) is 24.9 Å². The van der Waals surface area contributed by atoms with Crippen LogP contribution in [0.3, 0.4) is 0 Å². The number of halogens is 3. The van der Waals surface area contributed by atoms with Crippen LogP contribution in [0.1, 0.15) is 12.8 Å². The maximum Gasteiger partial charge on any atom is 0.401 e. The summed E-state index contributed by atoms with van der Waals surface area (Å²) in [7, 11) is 1.50. The summed E-state index contributed by atoms with van der Waals surface area (Å²) >= 11 is 1.92. The summed E-state index contributed by atoms with van der Waals surface area (Å²) in [5.74, 6) is 2.30. The third-order valence-electron chi connectivity index (χ3n) is 2.54. The summed E-state index contributed by atoms with van der Waals surface area (Å²) in [4.78, 5) is 1.31. The quantitative estimate of drug-likeness (QED) is 0.809. The molecule has 0 amide bonds. The zero-order valence-electron chi connectivity index (χ0n) is 9.52. The third kappa shape index (κ3) is 6.60. The molecule has 1 aliphatic rings. The Labute approximate surface area is 98.9 Å². The molecule has 0 spiro atoms. The summed E-state index contributed by atoms with van der Waals surface area (Å²) in [5, 5.41) is 3.31. The normalized spacial score (nSPS) is 22.7. The first kappa shape index (κ1) is 14.1. The van der Waals surface area contributed by atoms with E-state index >= 15 is 0 Å². The molecule has 1 unspecified atom stereocenters. The van der Waals surface area contributed by atoms with Crippen molar-refractivity contribution in [1.29, 1.82) is 0 Å². The second-order valence-corrected chi connectivity index (χ2v) is 5.37. The standard InChI is InChI=1S/C10H19F3N2S/c1-15(8-10(11,12)13)5-4-14-9-3-2-6-16-7-9/h9,14H,2-8H2,1H3. The van der Waals surface area contributed by atoms with Crippen LogP contribution in [0.5, 0.6) is 0 Å². The number of rotatable bonds is 5. The molecule has 96 valence electrons. The lowest BCUT2D eigenvalue weighted by molar-refractivity contribution is -0.142. The van der Waals surface area contributed by atoms with E-state index in [1.165, 1.54) is 24.1 Å². The Morgan fingerprint density at radius 3 is 2.75 bits per heavy atom. The van der Waals surface area contributed by atoms with Gasteiger partial charge in [0, 0.05) is 24.9 Å². The summed E-state index contributed by atoms with van der Waals surface area (Å²) in [5.41, 5.74) is 0. The maximum atomic E-state index is 12.0. The Hall–Kier alpha value is 0.0600. The van der Waals surface area contributed by atoms with Gasteiger partial charge >= 0.3 is 6.18 Å². The number of likely N-dealkylation sites (N-methyl/N-ethyl adjacent to an activating group) is 1. The van der Waals surface area contributed by atoms with Gasteiger partial charge in [-0.25, -0.2) is 0 Å². The minimum absolute atomic E-state index is 0.445. The maximum absolute atomic E-state index is 12.0. The van der Waals surface area contributed by atoms with Gasteiger partial charge in [0.15, 0.2) is 0 Å². The minimum atomic E-state index is -4.09. The number of hydrogen-bond acceptors (Lipinski definition) is 3. The van der Waals surface area contributed by atoms with Crippen LogP contribution in [0, 0.1) is 0 Å². The summed E-state index contributed by atoms with van der Waals surface area (Å²) in [6.07, 6.45) is -1.73. The van der Waals surface area contributed by atoms with Crippen LogP contribution in [0.2, 0.25) is 0 Å². The van der Waals surface area contributed by atoms with Gasteiger partial charge in [0.2, 0.25) is 0 Å². The van der Waals surface area contributed by atoms with E-state index in [1.54, 1.807) is 0 Å². The van der Waals surface area contributed by atoms with Crippen molar-refractivity contribution in [3.05, 3.63) is 0 Å². The molecule has 0 aliphatic carbocycles. The van der Waals surface area contributed by atoms with Gasteiger partial charge in [-0.3, -0.25) is 4.90 Å². The molecule has 2 nitrogen and oxygen atoms in total. The zero-order valence-corrected chi connectivity index (χ0v) is 10.3. The monoisotopic (exact) mass is 256 g/mol. The van der Waals surface area contributed by atoms with E-state index in [0.717, 1.165) is 12.2 Å². The molecule has 16 heavy (non-hydrogen) atoms. The molecule has 1 fully saturated rings. The van der Waals surface area contributed by atoms with E-state index in [0.29, 0.717) is 19.1 Å². The predicted octanol–water partition coefficient (Wildman–Crippen LogP) is 1.97. The van der Waals surface area contributed by atoms with E-state index in [1.807, 2.05) is 11.8 Å². The van der Waals surface area contributed by atoms with Crippen molar-refractivity contribution in [3.63, 3.8) is 0 Å². The van der Waals surface area contributed by atoms with E-state index in [-0.39, 0.29) is 0 Å². The SMILES string of the molecule is CN(CCNC1CCCSC1)CC(F)(F)F. The molecule has 1 N–H and O–H groups in total. The fourth-order valence-electron chi connectivity index (χ4n) is 1.75. The molecule has 1 atom stereocenters. The number of nitrogens with zero attached hydrogens (tertiary/aromatic N) is 1. The van der Waals surface area contributed by atoms with Crippen LogP contribution in [-0.4, -0.2) is 55.3 Å². The van der Waals surface area contributed by atoms with E-state index in [2.05, 4.69) is 5.32 Å². The second-order valence-electron chi connectivity index (χ2n) is 4.22. The molecule has 0 aromatic heterocycles. The number of nitrogens with one attached hydrogen (secondary N) is 1. The summed E-state index contributed by atoms with van der Waals surface area (Å²) in [6, 6.07) is 0.484. The first-order valence-corrected chi connectivity index (χ1v) is 6.69. The Morgan fingerprint density at radius 1 is 1.44 bits per heavy atom. The van der Waals surface area contributed by atoms with Crippen molar-refractivity contribution in [3.8, 4) is 0 Å². The lowest BCUT2D eigenvalue weighted by Gasteiger charge is -2.24. The molecule has 1 heterocycles. The summed E-state index contributed by atoms with van der Waals surface area (Å²) in [6.45, 7) is 0.257. The number of alkyl halides is 3. The van der Waals surface area contributed by atoms with E-state index < -0.39 is 12.7 Å². The van der Waals surface area contributed by atoms with Crippen molar-refractivity contribution in [2.24, 2.45) is 0 Å². The summed E-state index contributed by atoms with van der Waals surface area (Å²) < 4.78 is 36.1. The smallest absolute Gasteiger partial charge is 0.312 e. The largest absolute Gasteiger partial charge is 0.401 e. The Bertz CT molecular complexity index is 193. The topological polar surface area (TPSA) is 15.3 Å². The Kier molecular flexibility index (Phi) is 5.92. The first-order valence-electron chi connectivity index (χ1n) is 5.54. The molecular weight excluding hydrogens is 237 g/mol. The van der Waals surface area contributed by atoms with Gasteiger partial charge in [0.05, 0.1) is 6.54 Å². The van der Waals surface area contributed by atoms with Crippen molar-refractivity contribution in [2.75, 3.05) is 38.2 Å². The zero-order chi connectivity index (χ0) is 12.0. The van der Waals surface area contributed by atoms with Crippen LogP contribution in [-0.2, 0) is 0 Å². The lowest BCUT2D eigenvalue weighted by Crippen LogP contribution is -2.40. The van der Waals surface area contributed by atoms with Crippen molar-refractivity contribution >= 4 is 11.8 Å². The predicted molar refractivity (Wildman–Crippen MR) is 61.9 cm³/mol. The highest BCUT2D eigenvalue weighted by molar-refractivity contribution is 7.99. The fraction of sp³-hybridized carbons (Fsp3) is 1.00. The van der Waals surface area contributed by atoms with Crippen LogP contribution in [0.25, 0.3) is 0 Å². The molecule has 1 aliphatic heterocycles. The van der Waals surface area contributed by atoms with Crippen molar-refractivity contribution in [1.82, 2.24) is 10.2 Å². The molecule has 0 radical (unpaired) electrons. The van der Waals surface area contributed by atoms with Crippen LogP contribution in [0.15, 0.2) is 0 Å². The molecule has 1 saturated heterocycles. The molecule has 0 bridgehead atoms. The highest BCUT2D eigenvalue weighted by Crippen LogP contribution is 2.17. The highest BCUT2D eigenvalue weighted by Gasteiger charge is 2.28. The molecule has 0 saturated carbocycles. The average molecular weight is 256 g/mol. The first-order chi connectivity index (χ1) is 7.47. The highest BCUT2D eigenvalue weighted by atomic mass is 32.2. The van der Waals surface area contributed by atoms with Gasteiger partial charge in [0.25, 0.3) is 0 Å². The molecule has 6 heteroatoms. The molecule has 1 rings (SSSR count). The fourth-order valence-corrected chi connectivity index (χ4v) is 2.85. The van der Waals surface area contributed by atoms with Gasteiger partial charge in [-0.1, -0.05) is 0 Å². The minimum Gasteiger partial charge on any atom is -0.312 e. The van der Waals surface area contributed by atoms with Crippen LogP contribution in [0.4, 0.5) is 13.2 Å². The van der Waals surface area contributed by atoms with E-state index in [9.17, 15) is 13.2 Å². The number of thioether (sulfide) groups is 1. The van der Waals surface area contributed by atoms with Crippen molar-refractivity contribution in [2.45, 2.75) is 25.1 Å². The Balaban J connectivity index is 2.05. The van der Waals surface area contributed by atoms with Gasteiger partial charge in [-0.15, -0.1) is 0 Å². The second kappa shape index (κ2) is 6.71. The van der Waals surface area contributed by atoms with Gasteiger partial charge in [-0.05, 0) is 25.6 Å². The number of hydrogen-bond donors (Lipinski definition) is 1. The molecular formula is C10H19F3N2S. The van der Waals surface area contributed by atoms with E-state index in [4.69, 9.17) is 0 Å². The molecule has 0 aromatic carbocycles. The van der Waals surface area contributed by atoms with Crippen LogP contribution >= 0.6 is 11.8 Å². The lowest BCUT2D eigenvalue weighted by atomic mass is 10.2. The van der Waals surface area contributed by atoms with Crippen LogP contribution < -0.4 is 5.32 Å². The van der Waals surface area contributed by atoms with Gasteiger partial charge < -0.3 is 5.32 Å². The van der Waals surface area contributed by atoms with Gasteiger partial charge in [0.1, 0.15) is 0 Å².